The third kappa shape index (κ3) is 1.30. The van der Waals surface area contributed by atoms with Gasteiger partial charge in [-0.2, -0.15) is 0 Å². The molecule has 4 unspecified atom stereocenters. The molecule has 0 aromatic heterocycles. The fourth-order valence-electron chi connectivity index (χ4n) is 5.75. The van der Waals surface area contributed by atoms with E-state index in [1.165, 1.54) is 19.3 Å². The molecule has 106 valence electrons. The number of carbonyl (C=O) groups excluding carboxylic acids is 1. The van der Waals surface area contributed by atoms with E-state index in [9.17, 15) is 4.79 Å². The number of nitrogens with zero attached hydrogens (tertiary/aromatic N) is 1. The van der Waals surface area contributed by atoms with Gasteiger partial charge in [0.2, 0.25) is 5.91 Å². The Kier molecular flexibility index (Phi) is 2.04. The predicted molar refractivity (Wildman–Crippen MR) is 74.4 cm³/mol. The Morgan fingerprint density at radius 2 is 1.89 bits per heavy atom. The molecule has 0 aromatic rings. The molecule has 3 saturated carbocycles. The number of hydrogen-bond acceptors (Lipinski definition) is 2. The standard InChI is InChI=1S/C16H26N2O/c1-10-17-16(7-8-16)13(19)18(10)12-14(2,3)11-5-6-15(12,4)9-11/h10-12,17H,5-9H2,1-4H3. The van der Waals surface area contributed by atoms with Gasteiger partial charge in [0.25, 0.3) is 0 Å². The van der Waals surface area contributed by atoms with Crippen LogP contribution in [0.5, 0.6) is 0 Å². The van der Waals surface area contributed by atoms with Crippen LogP contribution in [0, 0.1) is 16.7 Å². The lowest BCUT2D eigenvalue weighted by atomic mass is 9.67. The quantitative estimate of drug-likeness (QED) is 0.787. The zero-order valence-electron chi connectivity index (χ0n) is 12.6. The van der Waals surface area contributed by atoms with Crippen molar-refractivity contribution in [3.63, 3.8) is 0 Å². The minimum absolute atomic E-state index is 0.159. The molecule has 4 fully saturated rings. The highest BCUT2D eigenvalue weighted by atomic mass is 16.2. The number of fused-ring (bicyclic) bond motifs is 2. The van der Waals surface area contributed by atoms with Gasteiger partial charge in [-0.15, -0.1) is 0 Å². The summed E-state index contributed by atoms with van der Waals surface area (Å²) in [6.45, 7) is 9.38. The van der Waals surface area contributed by atoms with E-state index in [1.54, 1.807) is 0 Å². The Hall–Kier alpha value is -0.570. The van der Waals surface area contributed by atoms with Crippen LogP contribution in [0.25, 0.3) is 0 Å². The van der Waals surface area contributed by atoms with E-state index in [-0.39, 0.29) is 17.1 Å². The first-order chi connectivity index (χ1) is 8.80. The SMILES string of the molecule is CC1NC2(CC2)C(=O)N1C1C2(C)CCC(C2)C1(C)C. The molecule has 1 aliphatic heterocycles. The number of rotatable bonds is 1. The summed E-state index contributed by atoms with van der Waals surface area (Å²) < 4.78 is 0. The molecule has 0 radical (unpaired) electrons. The predicted octanol–water partition coefficient (Wildman–Crippen LogP) is 2.51. The van der Waals surface area contributed by atoms with Gasteiger partial charge in [0.1, 0.15) is 0 Å². The van der Waals surface area contributed by atoms with E-state index >= 15 is 0 Å². The normalized spacial score (nSPS) is 49.4. The molecular formula is C16H26N2O. The summed E-state index contributed by atoms with van der Waals surface area (Å²) in [5.74, 6) is 1.20. The average molecular weight is 262 g/mol. The van der Waals surface area contributed by atoms with E-state index < -0.39 is 0 Å². The first-order valence-corrected chi connectivity index (χ1v) is 7.91. The lowest BCUT2D eigenvalue weighted by Gasteiger charge is -2.48. The van der Waals surface area contributed by atoms with Crippen molar-refractivity contribution in [1.82, 2.24) is 10.2 Å². The van der Waals surface area contributed by atoms with E-state index in [0.29, 0.717) is 17.4 Å². The molecule has 1 amide bonds. The Bertz CT molecular complexity index is 449. The second kappa shape index (κ2) is 3.19. The monoisotopic (exact) mass is 262 g/mol. The zero-order chi connectivity index (χ0) is 13.6. The van der Waals surface area contributed by atoms with E-state index in [0.717, 1.165) is 18.8 Å². The van der Waals surface area contributed by atoms with Gasteiger partial charge in [0.15, 0.2) is 0 Å². The largest absolute Gasteiger partial charge is 0.322 e. The van der Waals surface area contributed by atoms with Crippen LogP contribution >= 0.6 is 0 Å². The summed E-state index contributed by atoms with van der Waals surface area (Å²) in [5.41, 5.74) is 0.465. The maximum atomic E-state index is 12.9. The molecule has 1 heterocycles. The van der Waals surface area contributed by atoms with E-state index in [4.69, 9.17) is 0 Å². The summed E-state index contributed by atoms with van der Waals surface area (Å²) >= 11 is 0. The van der Waals surface area contributed by atoms with Crippen LogP contribution in [0.1, 0.15) is 59.8 Å². The second-order valence-corrected chi connectivity index (χ2v) is 8.43. The highest BCUT2D eigenvalue weighted by Crippen LogP contribution is 2.65. The fraction of sp³-hybridized carbons (Fsp3) is 0.938. The zero-order valence-corrected chi connectivity index (χ0v) is 12.6. The Morgan fingerprint density at radius 1 is 1.21 bits per heavy atom. The Labute approximate surface area is 116 Å². The van der Waals surface area contributed by atoms with Crippen LogP contribution in [0.15, 0.2) is 0 Å². The highest BCUT2D eigenvalue weighted by molar-refractivity contribution is 5.92. The number of hydrogen-bond donors (Lipinski definition) is 1. The lowest BCUT2D eigenvalue weighted by Crippen LogP contribution is -2.56. The highest BCUT2D eigenvalue weighted by Gasteiger charge is 2.67. The lowest BCUT2D eigenvalue weighted by molar-refractivity contribution is -0.139. The van der Waals surface area contributed by atoms with Crippen molar-refractivity contribution in [2.75, 3.05) is 0 Å². The van der Waals surface area contributed by atoms with Gasteiger partial charge in [0, 0.05) is 6.04 Å². The first-order valence-electron chi connectivity index (χ1n) is 7.91. The van der Waals surface area contributed by atoms with Crippen LogP contribution in [0.2, 0.25) is 0 Å². The van der Waals surface area contributed by atoms with Gasteiger partial charge in [-0.05, 0) is 55.8 Å². The van der Waals surface area contributed by atoms with Gasteiger partial charge < -0.3 is 4.90 Å². The topological polar surface area (TPSA) is 32.3 Å². The van der Waals surface area contributed by atoms with Crippen molar-refractivity contribution in [2.45, 2.75) is 77.5 Å². The smallest absolute Gasteiger partial charge is 0.244 e. The molecule has 4 atom stereocenters. The van der Waals surface area contributed by atoms with Gasteiger partial charge >= 0.3 is 0 Å². The van der Waals surface area contributed by atoms with E-state index in [1.807, 2.05) is 0 Å². The summed E-state index contributed by atoms with van der Waals surface area (Å²) in [7, 11) is 0. The van der Waals surface area contributed by atoms with Crippen molar-refractivity contribution in [3.05, 3.63) is 0 Å². The Balaban J connectivity index is 1.74. The van der Waals surface area contributed by atoms with Crippen LogP contribution in [0.4, 0.5) is 0 Å². The first kappa shape index (κ1) is 12.2. The molecule has 1 N–H and O–H groups in total. The minimum atomic E-state index is -0.159. The van der Waals surface area contributed by atoms with Gasteiger partial charge in [-0.1, -0.05) is 20.8 Å². The van der Waals surface area contributed by atoms with Crippen molar-refractivity contribution in [1.29, 1.82) is 0 Å². The molecule has 3 aliphatic carbocycles. The second-order valence-electron chi connectivity index (χ2n) is 8.43. The molecule has 4 rings (SSSR count). The number of nitrogens with one attached hydrogen (secondary N) is 1. The van der Waals surface area contributed by atoms with Crippen molar-refractivity contribution >= 4 is 5.91 Å². The molecular weight excluding hydrogens is 236 g/mol. The molecule has 0 aromatic carbocycles. The third-order valence-electron chi connectivity index (χ3n) is 6.77. The maximum absolute atomic E-state index is 12.9. The summed E-state index contributed by atoms with van der Waals surface area (Å²) in [6.07, 6.45) is 6.27. The molecule has 1 saturated heterocycles. The summed E-state index contributed by atoms with van der Waals surface area (Å²) in [6, 6.07) is 0.425. The van der Waals surface area contributed by atoms with E-state index in [2.05, 4.69) is 37.9 Å². The van der Waals surface area contributed by atoms with Crippen LogP contribution in [-0.2, 0) is 4.79 Å². The molecule has 2 bridgehead atoms. The maximum Gasteiger partial charge on any atom is 0.244 e. The molecule has 1 spiro atoms. The van der Waals surface area contributed by atoms with Crippen LogP contribution < -0.4 is 5.32 Å². The Morgan fingerprint density at radius 3 is 2.37 bits per heavy atom. The van der Waals surface area contributed by atoms with Crippen molar-refractivity contribution < 1.29 is 4.79 Å². The summed E-state index contributed by atoms with van der Waals surface area (Å²) in [5, 5.41) is 3.57. The van der Waals surface area contributed by atoms with Crippen LogP contribution in [0.3, 0.4) is 0 Å². The minimum Gasteiger partial charge on any atom is -0.322 e. The van der Waals surface area contributed by atoms with Crippen LogP contribution in [-0.4, -0.2) is 28.6 Å². The van der Waals surface area contributed by atoms with Gasteiger partial charge in [0.05, 0.1) is 11.7 Å². The molecule has 3 heteroatoms. The van der Waals surface area contributed by atoms with Gasteiger partial charge in [-0.25, -0.2) is 0 Å². The average Bonchev–Trinajstić information content (AvgIpc) is 2.86. The van der Waals surface area contributed by atoms with Gasteiger partial charge in [-0.3, -0.25) is 10.1 Å². The molecule has 3 nitrogen and oxygen atoms in total. The number of amides is 1. The van der Waals surface area contributed by atoms with Crippen molar-refractivity contribution in [2.24, 2.45) is 16.7 Å². The van der Waals surface area contributed by atoms with Crippen molar-refractivity contribution in [3.8, 4) is 0 Å². The summed E-state index contributed by atoms with van der Waals surface area (Å²) in [4.78, 5) is 15.1. The number of carbonyl (C=O) groups is 1. The third-order valence-corrected chi connectivity index (χ3v) is 6.77. The molecule has 19 heavy (non-hydrogen) atoms. The molecule has 4 aliphatic rings. The fourth-order valence-corrected chi connectivity index (χ4v) is 5.75.